The maximum atomic E-state index is 5.57. The molecule has 0 aromatic heterocycles. The highest BCUT2D eigenvalue weighted by Gasteiger charge is 2.37. The Morgan fingerprint density at radius 3 is 2.63 bits per heavy atom. The Bertz CT molecular complexity index is 464. The number of nitrogens with zero attached hydrogens (tertiary/aromatic N) is 1. The third-order valence-electron chi connectivity index (χ3n) is 4.47. The summed E-state index contributed by atoms with van der Waals surface area (Å²) < 4.78 is 11.0. The van der Waals surface area contributed by atoms with Crippen LogP contribution in [0.4, 0.5) is 0 Å². The molecular formula is C15H22ClNO2. The summed E-state index contributed by atoms with van der Waals surface area (Å²) in [5.41, 5.74) is 2.85. The number of ether oxygens (including phenoxy) is 2. The fourth-order valence-corrected chi connectivity index (χ4v) is 3.67. The quantitative estimate of drug-likeness (QED) is 0.833. The molecule has 19 heavy (non-hydrogen) atoms. The molecule has 106 valence electrons. The van der Waals surface area contributed by atoms with Crippen molar-refractivity contribution in [3.8, 4) is 11.5 Å². The number of halogens is 1. The molecule has 1 aliphatic carbocycles. The molecule has 3 rings (SSSR count). The monoisotopic (exact) mass is 283 g/mol. The number of methoxy groups -OCH3 is 2. The molecule has 0 bridgehead atoms. The molecule has 2 aliphatic rings. The number of benzene rings is 1. The second-order valence-electron chi connectivity index (χ2n) is 5.50. The predicted octanol–water partition coefficient (Wildman–Crippen LogP) is 2.72. The first-order valence-electron chi connectivity index (χ1n) is 6.67. The molecule has 3 nitrogen and oxygen atoms in total. The van der Waals surface area contributed by atoms with Crippen LogP contribution in [0.1, 0.15) is 23.5 Å². The fraction of sp³-hybridized carbons (Fsp3) is 0.600. The lowest BCUT2D eigenvalue weighted by molar-refractivity contribution is 0.343. The largest absolute Gasteiger partial charge is 0.493 e. The Labute approximate surface area is 121 Å². The van der Waals surface area contributed by atoms with Gasteiger partial charge in [-0.05, 0) is 37.4 Å². The van der Waals surface area contributed by atoms with Gasteiger partial charge in [0.1, 0.15) is 0 Å². The third kappa shape index (κ3) is 2.30. The SMILES string of the molecule is COc1ccc2c(c1OC)CC[C@H]1CN(C)C[C@H]21.Cl. The smallest absolute Gasteiger partial charge is 0.164 e. The van der Waals surface area contributed by atoms with E-state index in [2.05, 4.69) is 24.1 Å². The van der Waals surface area contributed by atoms with E-state index in [1.54, 1.807) is 14.2 Å². The van der Waals surface area contributed by atoms with Crippen molar-refractivity contribution in [3.63, 3.8) is 0 Å². The minimum atomic E-state index is 0. The van der Waals surface area contributed by atoms with E-state index in [1.807, 2.05) is 0 Å². The Kier molecular flexibility index (Phi) is 4.26. The van der Waals surface area contributed by atoms with Crippen LogP contribution in [0, 0.1) is 5.92 Å². The van der Waals surface area contributed by atoms with Crippen LogP contribution < -0.4 is 9.47 Å². The van der Waals surface area contributed by atoms with Gasteiger partial charge in [0, 0.05) is 24.6 Å². The normalized spacial score (nSPS) is 25.2. The maximum Gasteiger partial charge on any atom is 0.164 e. The predicted molar refractivity (Wildman–Crippen MR) is 78.8 cm³/mol. The van der Waals surface area contributed by atoms with Gasteiger partial charge in [-0.2, -0.15) is 0 Å². The van der Waals surface area contributed by atoms with Crippen molar-refractivity contribution in [1.29, 1.82) is 0 Å². The lowest BCUT2D eigenvalue weighted by Gasteiger charge is -2.29. The lowest BCUT2D eigenvalue weighted by Crippen LogP contribution is -2.19. The molecular weight excluding hydrogens is 262 g/mol. The summed E-state index contributed by atoms with van der Waals surface area (Å²) in [6.45, 7) is 2.41. The average molecular weight is 284 g/mol. The first kappa shape index (κ1) is 14.5. The van der Waals surface area contributed by atoms with Crippen molar-refractivity contribution in [3.05, 3.63) is 23.3 Å². The van der Waals surface area contributed by atoms with Crippen molar-refractivity contribution < 1.29 is 9.47 Å². The van der Waals surface area contributed by atoms with Crippen molar-refractivity contribution in [2.24, 2.45) is 5.92 Å². The van der Waals surface area contributed by atoms with Gasteiger partial charge in [-0.1, -0.05) is 6.07 Å². The Hall–Kier alpha value is -0.930. The zero-order valence-corrected chi connectivity index (χ0v) is 12.6. The van der Waals surface area contributed by atoms with Gasteiger partial charge in [0.15, 0.2) is 11.5 Å². The molecule has 1 heterocycles. The summed E-state index contributed by atoms with van der Waals surface area (Å²) in [5.74, 6) is 3.31. The molecule has 0 radical (unpaired) electrons. The van der Waals surface area contributed by atoms with Crippen molar-refractivity contribution >= 4 is 12.4 Å². The van der Waals surface area contributed by atoms with Gasteiger partial charge >= 0.3 is 0 Å². The Balaban J connectivity index is 0.00000133. The van der Waals surface area contributed by atoms with Gasteiger partial charge in [-0.15, -0.1) is 12.4 Å². The fourth-order valence-electron chi connectivity index (χ4n) is 3.67. The highest BCUT2D eigenvalue weighted by molar-refractivity contribution is 5.85. The van der Waals surface area contributed by atoms with E-state index in [4.69, 9.17) is 9.47 Å². The zero-order chi connectivity index (χ0) is 12.7. The van der Waals surface area contributed by atoms with Crippen molar-refractivity contribution in [2.75, 3.05) is 34.4 Å². The first-order valence-corrected chi connectivity index (χ1v) is 6.67. The van der Waals surface area contributed by atoms with Gasteiger partial charge in [0.25, 0.3) is 0 Å². The van der Waals surface area contributed by atoms with Crippen LogP contribution in [0.15, 0.2) is 12.1 Å². The summed E-state index contributed by atoms with van der Waals surface area (Å²) in [5, 5.41) is 0. The van der Waals surface area contributed by atoms with E-state index < -0.39 is 0 Å². The Morgan fingerprint density at radius 1 is 1.16 bits per heavy atom. The maximum absolute atomic E-state index is 5.57. The molecule has 2 atom stereocenters. The number of hydrogen-bond donors (Lipinski definition) is 0. The van der Waals surface area contributed by atoms with Gasteiger partial charge in [-0.25, -0.2) is 0 Å². The van der Waals surface area contributed by atoms with E-state index in [9.17, 15) is 0 Å². The van der Waals surface area contributed by atoms with Crippen molar-refractivity contribution in [2.45, 2.75) is 18.8 Å². The molecule has 1 aromatic rings. The molecule has 1 aliphatic heterocycles. The van der Waals surface area contributed by atoms with E-state index in [1.165, 1.54) is 30.6 Å². The summed E-state index contributed by atoms with van der Waals surface area (Å²) in [6.07, 6.45) is 2.39. The molecule has 0 N–H and O–H groups in total. The van der Waals surface area contributed by atoms with Crippen LogP contribution in [-0.2, 0) is 6.42 Å². The number of rotatable bonds is 2. The number of likely N-dealkylation sites (tertiary alicyclic amines) is 1. The molecule has 0 spiro atoms. The van der Waals surface area contributed by atoms with Crippen LogP contribution in [-0.4, -0.2) is 39.3 Å². The molecule has 4 heteroatoms. The van der Waals surface area contributed by atoms with E-state index in [0.29, 0.717) is 5.92 Å². The van der Waals surface area contributed by atoms with Crippen LogP contribution in [0.25, 0.3) is 0 Å². The molecule has 1 saturated heterocycles. The van der Waals surface area contributed by atoms with Crippen LogP contribution in [0.5, 0.6) is 11.5 Å². The second-order valence-corrected chi connectivity index (χ2v) is 5.50. The summed E-state index contributed by atoms with van der Waals surface area (Å²) >= 11 is 0. The molecule has 1 aromatic carbocycles. The van der Waals surface area contributed by atoms with E-state index in [0.717, 1.165) is 23.8 Å². The highest BCUT2D eigenvalue weighted by atomic mass is 35.5. The number of fused-ring (bicyclic) bond motifs is 3. The highest BCUT2D eigenvalue weighted by Crippen LogP contribution is 2.46. The number of hydrogen-bond acceptors (Lipinski definition) is 3. The average Bonchev–Trinajstić information content (AvgIpc) is 2.77. The van der Waals surface area contributed by atoms with Crippen LogP contribution >= 0.6 is 12.4 Å². The van der Waals surface area contributed by atoms with Crippen molar-refractivity contribution in [1.82, 2.24) is 4.90 Å². The van der Waals surface area contributed by atoms with Gasteiger partial charge in [-0.3, -0.25) is 0 Å². The first-order chi connectivity index (χ1) is 8.74. The standard InChI is InChI=1S/C15H21NO2.ClH/c1-16-8-10-4-5-12-11(13(10)9-16)6-7-14(17-2)15(12)18-3;/h6-7,10,13H,4-5,8-9H2,1-3H3;1H/t10-,13-;/m0./s1. The van der Waals surface area contributed by atoms with E-state index >= 15 is 0 Å². The Morgan fingerprint density at radius 2 is 1.95 bits per heavy atom. The van der Waals surface area contributed by atoms with E-state index in [-0.39, 0.29) is 12.4 Å². The lowest BCUT2D eigenvalue weighted by atomic mass is 9.76. The van der Waals surface area contributed by atoms with Crippen LogP contribution in [0.2, 0.25) is 0 Å². The molecule has 0 unspecified atom stereocenters. The third-order valence-corrected chi connectivity index (χ3v) is 4.47. The van der Waals surface area contributed by atoms with Gasteiger partial charge < -0.3 is 14.4 Å². The van der Waals surface area contributed by atoms with Gasteiger partial charge in [0.2, 0.25) is 0 Å². The summed E-state index contributed by atoms with van der Waals surface area (Å²) in [7, 11) is 5.67. The number of likely N-dealkylation sites (N-methyl/N-ethyl adjacent to an activating group) is 1. The van der Waals surface area contributed by atoms with Crippen LogP contribution in [0.3, 0.4) is 0 Å². The second kappa shape index (κ2) is 5.59. The summed E-state index contributed by atoms with van der Waals surface area (Å²) in [4.78, 5) is 2.45. The molecule has 0 amide bonds. The minimum Gasteiger partial charge on any atom is -0.493 e. The minimum absolute atomic E-state index is 0. The summed E-state index contributed by atoms with van der Waals surface area (Å²) in [6, 6.07) is 4.30. The molecule has 1 fully saturated rings. The molecule has 0 saturated carbocycles. The topological polar surface area (TPSA) is 21.7 Å². The zero-order valence-electron chi connectivity index (χ0n) is 11.8. The van der Waals surface area contributed by atoms with Gasteiger partial charge in [0.05, 0.1) is 14.2 Å².